The van der Waals surface area contributed by atoms with Gasteiger partial charge in [0.15, 0.2) is 0 Å². The summed E-state index contributed by atoms with van der Waals surface area (Å²) in [4.78, 5) is 24.4. The molecule has 1 aliphatic carbocycles. The van der Waals surface area contributed by atoms with Gasteiger partial charge in [0.2, 0.25) is 5.91 Å². The first-order chi connectivity index (χ1) is 8.65. The number of aliphatic carboxylic acids is 1. The maximum atomic E-state index is 12.1. The maximum Gasteiger partial charge on any atom is 0.323 e. The Labute approximate surface area is 107 Å². The van der Waals surface area contributed by atoms with Crippen LogP contribution in [0.1, 0.15) is 38.5 Å². The normalized spacial score (nSPS) is 23.7. The molecule has 0 aromatic carbocycles. The molecule has 0 bridgehead atoms. The third-order valence-corrected chi connectivity index (χ3v) is 3.53. The van der Waals surface area contributed by atoms with Crippen LogP contribution in [0.5, 0.6) is 0 Å². The van der Waals surface area contributed by atoms with Crippen LogP contribution < -0.4 is 0 Å². The molecular weight excluding hydrogens is 234 g/mol. The molecule has 5 nitrogen and oxygen atoms in total. The van der Waals surface area contributed by atoms with E-state index in [9.17, 15) is 9.59 Å². The number of rotatable bonds is 6. The van der Waals surface area contributed by atoms with Crippen LogP contribution in [0.2, 0.25) is 0 Å². The second-order valence-electron chi connectivity index (χ2n) is 5.30. The summed E-state index contributed by atoms with van der Waals surface area (Å²) in [6.07, 6.45) is 5.62. The van der Waals surface area contributed by atoms with E-state index in [2.05, 4.69) is 0 Å². The van der Waals surface area contributed by atoms with Gasteiger partial charge in [-0.3, -0.25) is 9.59 Å². The van der Waals surface area contributed by atoms with E-state index >= 15 is 0 Å². The summed E-state index contributed by atoms with van der Waals surface area (Å²) >= 11 is 0. The van der Waals surface area contributed by atoms with Gasteiger partial charge in [-0.15, -0.1) is 0 Å². The fourth-order valence-electron chi connectivity index (χ4n) is 2.32. The van der Waals surface area contributed by atoms with E-state index < -0.39 is 5.97 Å². The molecule has 1 atom stereocenters. The van der Waals surface area contributed by atoms with Gasteiger partial charge in [0.05, 0.1) is 12.5 Å². The third-order valence-electron chi connectivity index (χ3n) is 3.53. The molecule has 5 heteroatoms. The maximum absolute atomic E-state index is 12.1. The van der Waals surface area contributed by atoms with Gasteiger partial charge in [0, 0.05) is 13.2 Å². The van der Waals surface area contributed by atoms with Crippen LogP contribution in [0.4, 0.5) is 0 Å². The van der Waals surface area contributed by atoms with Crippen molar-refractivity contribution in [3.8, 4) is 0 Å². The van der Waals surface area contributed by atoms with Crippen molar-refractivity contribution in [2.24, 2.45) is 5.92 Å². The zero-order chi connectivity index (χ0) is 13.0. The lowest BCUT2D eigenvalue weighted by Crippen LogP contribution is -2.39. The second-order valence-corrected chi connectivity index (χ2v) is 5.30. The highest BCUT2D eigenvalue weighted by Crippen LogP contribution is 2.30. The van der Waals surface area contributed by atoms with Crippen LogP contribution >= 0.6 is 0 Å². The Morgan fingerprint density at radius 2 is 2.00 bits per heavy atom. The summed E-state index contributed by atoms with van der Waals surface area (Å²) in [6.45, 7) is 1.14. The highest BCUT2D eigenvalue weighted by Gasteiger charge is 2.29. The molecule has 1 aliphatic heterocycles. The minimum absolute atomic E-state index is 0.0123. The van der Waals surface area contributed by atoms with E-state index in [1.54, 1.807) is 0 Å². The molecule has 102 valence electrons. The molecule has 1 amide bonds. The molecule has 0 aromatic rings. The highest BCUT2D eigenvalue weighted by atomic mass is 16.5. The van der Waals surface area contributed by atoms with Crippen molar-refractivity contribution in [3.63, 3.8) is 0 Å². The Morgan fingerprint density at radius 3 is 2.56 bits per heavy atom. The molecule has 1 saturated heterocycles. The molecule has 0 radical (unpaired) electrons. The average Bonchev–Trinajstić information content (AvgIpc) is 3.13. The summed E-state index contributed by atoms with van der Waals surface area (Å²) in [5.41, 5.74) is 0. The molecule has 0 aromatic heterocycles. The molecule has 1 saturated carbocycles. The van der Waals surface area contributed by atoms with E-state index in [4.69, 9.17) is 9.84 Å². The molecule has 18 heavy (non-hydrogen) atoms. The number of hydrogen-bond acceptors (Lipinski definition) is 3. The van der Waals surface area contributed by atoms with Crippen LogP contribution in [0.15, 0.2) is 0 Å². The Hall–Kier alpha value is -1.10. The summed E-state index contributed by atoms with van der Waals surface area (Å²) in [5.74, 6) is -0.495. The largest absolute Gasteiger partial charge is 0.480 e. The van der Waals surface area contributed by atoms with Crippen molar-refractivity contribution < 1.29 is 19.4 Å². The summed E-state index contributed by atoms with van der Waals surface area (Å²) in [7, 11) is 0. The molecule has 2 rings (SSSR count). The topological polar surface area (TPSA) is 66.8 Å². The first-order valence-corrected chi connectivity index (χ1v) is 6.76. The van der Waals surface area contributed by atoms with Gasteiger partial charge in [0.25, 0.3) is 0 Å². The Kier molecular flexibility index (Phi) is 4.58. The van der Waals surface area contributed by atoms with E-state index in [0.717, 1.165) is 38.7 Å². The van der Waals surface area contributed by atoms with Crippen LogP contribution in [0.25, 0.3) is 0 Å². The molecule has 1 unspecified atom stereocenters. The highest BCUT2D eigenvalue weighted by molar-refractivity contribution is 5.81. The zero-order valence-electron chi connectivity index (χ0n) is 10.6. The fraction of sp³-hybridized carbons (Fsp3) is 0.846. The smallest absolute Gasteiger partial charge is 0.323 e. The Balaban J connectivity index is 1.82. The predicted octanol–water partition coefficient (Wildman–Crippen LogP) is 1.27. The second kappa shape index (κ2) is 6.18. The SMILES string of the molecule is O=C(O)CN(CC1CC1)C(=O)CC1CCCCO1. The third kappa shape index (κ3) is 4.29. The van der Waals surface area contributed by atoms with Gasteiger partial charge >= 0.3 is 5.97 Å². The number of hydrogen-bond donors (Lipinski definition) is 1. The van der Waals surface area contributed by atoms with Crippen LogP contribution in [-0.4, -0.2) is 47.7 Å². The first kappa shape index (κ1) is 13.3. The molecule has 1 heterocycles. The van der Waals surface area contributed by atoms with E-state index in [1.165, 1.54) is 4.90 Å². The monoisotopic (exact) mass is 255 g/mol. The number of carboxylic acids is 1. The van der Waals surface area contributed by atoms with E-state index in [-0.39, 0.29) is 18.6 Å². The number of amides is 1. The van der Waals surface area contributed by atoms with Gasteiger partial charge in [-0.1, -0.05) is 0 Å². The summed E-state index contributed by atoms with van der Waals surface area (Å²) in [6, 6.07) is 0. The fourth-order valence-corrected chi connectivity index (χ4v) is 2.32. The Bertz CT molecular complexity index is 308. The zero-order valence-corrected chi connectivity index (χ0v) is 10.6. The van der Waals surface area contributed by atoms with Crippen molar-refractivity contribution in [1.29, 1.82) is 0 Å². The number of carbonyl (C=O) groups excluding carboxylic acids is 1. The molecule has 1 N–H and O–H groups in total. The van der Waals surface area contributed by atoms with Gasteiger partial charge in [-0.05, 0) is 38.0 Å². The number of ether oxygens (including phenoxy) is 1. The summed E-state index contributed by atoms with van der Waals surface area (Å²) < 4.78 is 5.53. The van der Waals surface area contributed by atoms with Crippen molar-refractivity contribution in [3.05, 3.63) is 0 Å². The van der Waals surface area contributed by atoms with Gasteiger partial charge in [-0.2, -0.15) is 0 Å². The van der Waals surface area contributed by atoms with E-state index in [1.807, 2.05) is 0 Å². The van der Waals surface area contributed by atoms with Crippen LogP contribution in [-0.2, 0) is 14.3 Å². The van der Waals surface area contributed by atoms with Gasteiger partial charge in [-0.25, -0.2) is 0 Å². The van der Waals surface area contributed by atoms with Crippen LogP contribution in [0.3, 0.4) is 0 Å². The molecule has 0 spiro atoms. The number of nitrogens with zero attached hydrogens (tertiary/aromatic N) is 1. The molecular formula is C13H21NO4. The number of carboxylic acid groups (broad SMARTS) is 1. The minimum atomic E-state index is -0.937. The lowest BCUT2D eigenvalue weighted by molar-refractivity contribution is -0.146. The summed E-state index contributed by atoms with van der Waals surface area (Å²) in [5, 5.41) is 8.85. The van der Waals surface area contributed by atoms with Crippen LogP contribution in [0, 0.1) is 5.92 Å². The molecule has 2 aliphatic rings. The predicted molar refractivity (Wildman–Crippen MR) is 65.1 cm³/mol. The van der Waals surface area contributed by atoms with Gasteiger partial charge < -0.3 is 14.7 Å². The average molecular weight is 255 g/mol. The van der Waals surface area contributed by atoms with Crippen molar-refractivity contribution >= 4 is 11.9 Å². The quantitative estimate of drug-likeness (QED) is 0.776. The first-order valence-electron chi connectivity index (χ1n) is 6.76. The lowest BCUT2D eigenvalue weighted by atomic mass is 10.1. The van der Waals surface area contributed by atoms with E-state index in [0.29, 0.717) is 18.9 Å². The number of carbonyl (C=O) groups is 2. The minimum Gasteiger partial charge on any atom is -0.480 e. The van der Waals surface area contributed by atoms with Crippen molar-refractivity contribution in [2.45, 2.75) is 44.6 Å². The Morgan fingerprint density at radius 1 is 1.22 bits per heavy atom. The van der Waals surface area contributed by atoms with Crippen molar-refractivity contribution in [1.82, 2.24) is 4.90 Å². The lowest BCUT2D eigenvalue weighted by Gasteiger charge is -2.26. The molecule has 2 fully saturated rings. The van der Waals surface area contributed by atoms with Gasteiger partial charge in [0.1, 0.15) is 6.54 Å². The van der Waals surface area contributed by atoms with Crippen molar-refractivity contribution in [2.75, 3.05) is 19.7 Å². The standard InChI is InChI=1S/C13H21NO4/c15-12(7-11-3-1-2-6-18-11)14(9-13(16)17)8-10-4-5-10/h10-11H,1-9H2,(H,16,17).